The maximum absolute atomic E-state index is 11.9. The molecule has 9 heteroatoms. The molecule has 0 radical (unpaired) electrons. The van der Waals surface area contributed by atoms with Crippen LogP contribution in [-0.2, 0) is 9.53 Å². The first-order valence-electron chi connectivity index (χ1n) is 7.44. The van der Waals surface area contributed by atoms with E-state index in [9.17, 15) is 19.7 Å². The quantitative estimate of drug-likeness (QED) is 0.452. The van der Waals surface area contributed by atoms with Gasteiger partial charge in [-0.1, -0.05) is 29.3 Å². The summed E-state index contributed by atoms with van der Waals surface area (Å²) in [6.07, 6.45) is 0. The molecule has 0 aliphatic carbocycles. The van der Waals surface area contributed by atoms with Crippen LogP contribution in [0.4, 0.5) is 5.69 Å². The first-order chi connectivity index (χ1) is 12.3. The Hall–Kier alpha value is -2.64. The Morgan fingerprint density at radius 3 is 2.42 bits per heavy atom. The maximum atomic E-state index is 11.9. The molecule has 0 heterocycles. The van der Waals surface area contributed by atoms with Crippen LogP contribution in [0.25, 0.3) is 0 Å². The fourth-order valence-corrected chi connectivity index (χ4v) is 2.72. The molecule has 1 unspecified atom stereocenters. The minimum absolute atomic E-state index is 0.109. The lowest BCUT2D eigenvalue weighted by Crippen LogP contribution is -2.31. The third kappa shape index (κ3) is 5.18. The van der Waals surface area contributed by atoms with Crippen molar-refractivity contribution in [2.75, 3.05) is 6.61 Å². The Labute approximate surface area is 159 Å². The number of non-ortho nitro benzene ring substituents is 1. The Kier molecular flexibility index (Phi) is 6.54. The van der Waals surface area contributed by atoms with Gasteiger partial charge in [-0.25, -0.2) is 4.79 Å². The van der Waals surface area contributed by atoms with Gasteiger partial charge in [0.1, 0.15) is 0 Å². The van der Waals surface area contributed by atoms with Crippen molar-refractivity contribution >= 4 is 40.8 Å². The van der Waals surface area contributed by atoms with Gasteiger partial charge in [-0.3, -0.25) is 14.9 Å². The Bertz CT molecular complexity index is 840. The number of carbonyl (C=O) groups is 2. The van der Waals surface area contributed by atoms with E-state index >= 15 is 0 Å². The number of nitro benzene ring substituents is 1. The lowest BCUT2D eigenvalue weighted by molar-refractivity contribution is -0.384. The van der Waals surface area contributed by atoms with Crippen molar-refractivity contribution < 1.29 is 19.2 Å². The summed E-state index contributed by atoms with van der Waals surface area (Å²) in [5, 5.41) is 14.1. The van der Waals surface area contributed by atoms with Gasteiger partial charge in [-0.15, -0.1) is 0 Å². The molecular weight excluding hydrogens is 383 g/mol. The molecule has 0 bridgehead atoms. The second kappa shape index (κ2) is 8.64. The zero-order chi connectivity index (χ0) is 19.3. The van der Waals surface area contributed by atoms with Gasteiger partial charge in [0.05, 0.1) is 16.5 Å². The number of nitrogens with one attached hydrogen (secondary N) is 1. The number of amides is 1. The number of nitro groups is 1. The number of hydrogen-bond acceptors (Lipinski definition) is 5. The van der Waals surface area contributed by atoms with Crippen molar-refractivity contribution in [1.82, 2.24) is 5.32 Å². The summed E-state index contributed by atoms with van der Waals surface area (Å²) in [4.78, 5) is 33.8. The van der Waals surface area contributed by atoms with Crippen LogP contribution in [0.5, 0.6) is 0 Å². The van der Waals surface area contributed by atoms with Crippen LogP contribution in [0.3, 0.4) is 0 Å². The summed E-state index contributed by atoms with van der Waals surface area (Å²) in [7, 11) is 0. The highest BCUT2D eigenvalue weighted by molar-refractivity contribution is 6.35. The molecule has 0 fully saturated rings. The number of hydrogen-bond donors (Lipinski definition) is 1. The number of carbonyl (C=O) groups excluding carboxylic acids is 2. The summed E-state index contributed by atoms with van der Waals surface area (Å²) in [5.41, 5.74) is 0.635. The third-order valence-electron chi connectivity index (χ3n) is 3.45. The molecule has 0 aromatic heterocycles. The van der Waals surface area contributed by atoms with E-state index in [1.54, 1.807) is 25.1 Å². The first-order valence-corrected chi connectivity index (χ1v) is 8.19. The molecule has 1 atom stereocenters. The van der Waals surface area contributed by atoms with Gasteiger partial charge in [0.25, 0.3) is 11.6 Å². The van der Waals surface area contributed by atoms with E-state index < -0.39 is 29.4 Å². The molecule has 7 nitrogen and oxygen atoms in total. The lowest BCUT2D eigenvalue weighted by Gasteiger charge is -2.16. The zero-order valence-electron chi connectivity index (χ0n) is 13.6. The smallest absolute Gasteiger partial charge is 0.338 e. The first kappa shape index (κ1) is 19.7. The second-order valence-corrected chi connectivity index (χ2v) is 6.18. The molecule has 1 amide bonds. The Balaban J connectivity index is 1.89. The summed E-state index contributed by atoms with van der Waals surface area (Å²) >= 11 is 11.9. The molecule has 2 rings (SSSR count). The third-order valence-corrected chi connectivity index (χ3v) is 4.02. The van der Waals surface area contributed by atoms with Crippen LogP contribution < -0.4 is 5.32 Å². The van der Waals surface area contributed by atoms with Gasteiger partial charge < -0.3 is 10.1 Å². The molecule has 0 aliphatic rings. The molecule has 26 heavy (non-hydrogen) atoms. The molecule has 2 aromatic carbocycles. The number of esters is 1. The number of rotatable bonds is 6. The van der Waals surface area contributed by atoms with Crippen LogP contribution >= 0.6 is 23.2 Å². The fourth-order valence-electron chi connectivity index (χ4n) is 2.15. The van der Waals surface area contributed by atoms with Crippen molar-refractivity contribution in [3.63, 3.8) is 0 Å². The molecule has 0 saturated carbocycles. The maximum Gasteiger partial charge on any atom is 0.338 e. The summed E-state index contributed by atoms with van der Waals surface area (Å²) in [6, 6.07) is 9.38. The van der Waals surface area contributed by atoms with Crippen LogP contribution in [-0.4, -0.2) is 23.4 Å². The number of ether oxygens (including phenoxy) is 1. The van der Waals surface area contributed by atoms with E-state index in [4.69, 9.17) is 27.9 Å². The van der Waals surface area contributed by atoms with E-state index in [-0.39, 0.29) is 11.3 Å². The summed E-state index contributed by atoms with van der Waals surface area (Å²) in [6.45, 7) is 1.23. The predicted octanol–water partition coefficient (Wildman–Crippen LogP) is 3.94. The van der Waals surface area contributed by atoms with Gasteiger partial charge in [-0.05, 0) is 36.8 Å². The minimum Gasteiger partial charge on any atom is -0.452 e. The zero-order valence-corrected chi connectivity index (χ0v) is 15.1. The van der Waals surface area contributed by atoms with Gasteiger partial charge in [0, 0.05) is 22.2 Å². The molecule has 1 N–H and O–H groups in total. The Morgan fingerprint density at radius 1 is 1.19 bits per heavy atom. The summed E-state index contributed by atoms with van der Waals surface area (Å²) in [5.74, 6) is -1.27. The normalized spacial score (nSPS) is 11.5. The van der Waals surface area contributed by atoms with E-state index in [2.05, 4.69) is 5.32 Å². The van der Waals surface area contributed by atoms with E-state index in [0.29, 0.717) is 15.6 Å². The van der Waals surface area contributed by atoms with Crippen LogP contribution in [0.15, 0.2) is 42.5 Å². The van der Waals surface area contributed by atoms with Crippen LogP contribution in [0.1, 0.15) is 28.9 Å². The van der Waals surface area contributed by atoms with E-state index in [1.807, 2.05) is 0 Å². The fraction of sp³-hybridized carbons (Fsp3) is 0.176. The molecule has 0 saturated heterocycles. The monoisotopic (exact) mass is 396 g/mol. The minimum atomic E-state index is -0.757. The van der Waals surface area contributed by atoms with Gasteiger partial charge in [0.2, 0.25) is 0 Å². The van der Waals surface area contributed by atoms with Crippen molar-refractivity contribution in [2.45, 2.75) is 13.0 Å². The molecule has 0 spiro atoms. The predicted molar refractivity (Wildman–Crippen MR) is 96.4 cm³/mol. The molecular formula is C17H14Cl2N2O5. The second-order valence-electron chi connectivity index (χ2n) is 5.34. The average molecular weight is 397 g/mol. The lowest BCUT2D eigenvalue weighted by atomic mass is 10.1. The van der Waals surface area contributed by atoms with E-state index in [1.165, 1.54) is 24.3 Å². The average Bonchev–Trinajstić information content (AvgIpc) is 2.59. The number of nitrogens with zero attached hydrogens (tertiary/aromatic N) is 1. The van der Waals surface area contributed by atoms with Gasteiger partial charge in [0.15, 0.2) is 6.61 Å². The van der Waals surface area contributed by atoms with Crippen molar-refractivity contribution in [3.8, 4) is 0 Å². The van der Waals surface area contributed by atoms with Crippen molar-refractivity contribution in [2.24, 2.45) is 0 Å². The van der Waals surface area contributed by atoms with Crippen LogP contribution in [0.2, 0.25) is 10.0 Å². The van der Waals surface area contributed by atoms with Crippen molar-refractivity contribution in [3.05, 3.63) is 73.8 Å². The highest BCUT2D eigenvalue weighted by Crippen LogP contribution is 2.26. The van der Waals surface area contributed by atoms with Gasteiger partial charge in [-0.2, -0.15) is 0 Å². The number of benzene rings is 2. The Morgan fingerprint density at radius 2 is 1.85 bits per heavy atom. The number of halogens is 2. The standard InChI is InChI=1S/C17H14Cl2N2O5/c1-10(14-7-4-12(18)8-15(14)19)20-16(22)9-26-17(23)11-2-5-13(6-3-11)21(24)25/h2-8,10H,9H2,1H3,(H,20,22). The largest absolute Gasteiger partial charge is 0.452 e. The SMILES string of the molecule is CC(NC(=O)COC(=O)c1ccc([N+](=O)[O-])cc1)c1ccc(Cl)cc1Cl. The molecule has 2 aromatic rings. The van der Waals surface area contributed by atoms with E-state index in [0.717, 1.165) is 0 Å². The topological polar surface area (TPSA) is 98.5 Å². The highest BCUT2D eigenvalue weighted by atomic mass is 35.5. The van der Waals surface area contributed by atoms with Gasteiger partial charge >= 0.3 is 5.97 Å². The molecule has 136 valence electrons. The van der Waals surface area contributed by atoms with Crippen LogP contribution in [0, 0.1) is 10.1 Å². The molecule has 0 aliphatic heterocycles. The highest BCUT2D eigenvalue weighted by Gasteiger charge is 2.16. The summed E-state index contributed by atoms with van der Waals surface area (Å²) < 4.78 is 4.90. The van der Waals surface area contributed by atoms with Crippen molar-refractivity contribution in [1.29, 1.82) is 0 Å².